The molecule has 0 aliphatic rings. The number of rotatable bonds is 2. The molecule has 0 spiro atoms. The highest BCUT2D eigenvalue weighted by Crippen LogP contribution is 2.40. The van der Waals surface area contributed by atoms with Crippen LogP contribution < -0.4 is 5.73 Å². The van der Waals surface area contributed by atoms with Crippen LogP contribution >= 0.6 is 43.2 Å². The Kier molecular flexibility index (Phi) is 3.47. The standard InChI is InChI=1S/C13H9Br2N3S/c14-8-3-1-7(2-4-8)10-11(17-18-13(10)16)12-9(15)5-6-19-12/h1-6H,(H3,16,17,18). The Morgan fingerprint density at radius 2 is 1.84 bits per heavy atom. The number of hydrogen-bond acceptors (Lipinski definition) is 3. The number of anilines is 1. The third-order valence-electron chi connectivity index (χ3n) is 2.77. The summed E-state index contributed by atoms with van der Waals surface area (Å²) in [6, 6.07) is 10.1. The van der Waals surface area contributed by atoms with Crippen LogP contribution in [-0.2, 0) is 0 Å². The van der Waals surface area contributed by atoms with Crippen LogP contribution in [0.4, 0.5) is 5.82 Å². The molecule has 19 heavy (non-hydrogen) atoms. The van der Waals surface area contributed by atoms with Crippen molar-refractivity contribution in [3.63, 3.8) is 0 Å². The zero-order chi connectivity index (χ0) is 13.4. The third kappa shape index (κ3) is 2.35. The van der Waals surface area contributed by atoms with E-state index < -0.39 is 0 Å². The van der Waals surface area contributed by atoms with Crippen LogP contribution in [0, 0.1) is 0 Å². The molecular weight excluding hydrogens is 390 g/mol. The molecular formula is C13H9Br2N3S. The van der Waals surface area contributed by atoms with Crippen molar-refractivity contribution in [2.24, 2.45) is 0 Å². The molecule has 2 heterocycles. The van der Waals surface area contributed by atoms with E-state index in [0.717, 1.165) is 30.6 Å². The SMILES string of the molecule is Nc1n[nH]c(-c2sccc2Br)c1-c1ccc(Br)cc1. The molecule has 3 N–H and O–H groups in total. The van der Waals surface area contributed by atoms with Gasteiger partial charge in [-0.05, 0) is 45.1 Å². The maximum Gasteiger partial charge on any atom is 0.153 e. The van der Waals surface area contributed by atoms with Crippen LogP contribution in [0.15, 0.2) is 44.7 Å². The van der Waals surface area contributed by atoms with Crippen molar-refractivity contribution in [3.8, 4) is 21.7 Å². The predicted octanol–water partition coefficient (Wildman–Crippen LogP) is 4.91. The minimum Gasteiger partial charge on any atom is -0.382 e. The fourth-order valence-electron chi connectivity index (χ4n) is 1.90. The second-order valence-electron chi connectivity index (χ2n) is 3.96. The summed E-state index contributed by atoms with van der Waals surface area (Å²) in [6.45, 7) is 0. The first-order valence-electron chi connectivity index (χ1n) is 5.50. The molecule has 0 bridgehead atoms. The average molecular weight is 399 g/mol. The van der Waals surface area contributed by atoms with Gasteiger partial charge in [0.25, 0.3) is 0 Å². The molecule has 0 amide bonds. The Morgan fingerprint density at radius 1 is 1.11 bits per heavy atom. The van der Waals surface area contributed by atoms with Gasteiger partial charge in [-0.1, -0.05) is 28.1 Å². The number of nitrogen functional groups attached to an aromatic ring is 1. The van der Waals surface area contributed by atoms with Gasteiger partial charge in [-0.25, -0.2) is 0 Å². The summed E-state index contributed by atoms with van der Waals surface area (Å²) in [5.41, 5.74) is 8.94. The minimum atomic E-state index is 0.512. The molecule has 0 saturated heterocycles. The zero-order valence-electron chi connectivity index (χ0n) is 9.65. The summed E-state index contributed by atoms with van der Waals surface area (Å²) in [5, 5.41) is 9.19. The van der Waals surface area contributed by atoms with Crippen molar-refractivity contribution in [3.05, 3.63) is 44.7 Å². The fraction of sp³-hybridized carbons (Fsp3) is 0. The first-order valence-corrected chi connectivity index (χ1v) is 7.96. The molecule has 0 fully saturated rings. The van der Waals surface area contributed by atoms with E-state index in [1.165, 1.54) is 0 Å². The van der Waals surface area contributed by atoms with E-state index in [1.807, 2.05) is 35.7 Å². The van der Waals surface area contributed by atoms with Crippen LogP contribution in [0.1, 0.15) is 0 Å². The number of nitrogens with zero attached hydrogens (tertiary/aromatic N) is 1. The smallest absolute Gasteiger partial charge is 0.153 e. The molecule has 3 aromatic rings. The van der Waals surface area contributed by atoms with Gasteiger partial charge in [0.2, 0.25) is 0 Å². The molecule has 0 aliphatic carbocycles. The Bertz CT molecular complexity index is 716. The van der Waals surface area contributed by atoms with E-state index in [1.54, 1.807) is 11.3 Å². The number of benzene rings is 1. The van der Waals surface area contributed by atoms with Crippen LogP contribution in [0.3, 0.4) is 0 Å². The number of nitrogens with one attached hydrogen (secondary N) is 1. The van der Waals surface area contributed by atoms with Gasteiger partial charge < -0.3 is 5.73 Å². The molecule has 0 aliphatic heterocycles. The Labute approximate surface area is 131 Å². The molecule has 3 rings (SSSR count). The number of nitrogens with two attached hydrogens (primary N) is 1. The number of H-pyrrole nitrogens is 1. The predicted molar refractivity (Wildman–Crippen MR) is 87.1 cm³/mol. The number of aromatic amines is 1. The molecule has 96 valence electrons. The topological polar surface area (TPSA) is 54.7 Å². The van der Waals surface area contributed by atoms with Crippen LogP contribution in [0.5, 0.6) is 0 Å². The highest BCUT2D eigenvalue weighted by molar-refractivity contribution is 9.10. The van der Waals surface area contributed by atoms with Crippen molar-refractivity contribution in [1.82, 2.24) is 10.2 Å². The monoisotopic (exact) mass is 397 g/mol. The lowest BCUT2D eigenvalue weighted by Gasteiger charge is -2.04. The quantitative estimate of drug-likeness (QED) is 0.644. The first-order chi connectivity index (χ1) is 9.16. The maximum atomic E-state index is 6.00. The van der Waals surface area contributed by atoms with Crippen molar-refractivity contribution in [2.75, 3.05) is 5.73 Å². The molecule has 1 aromatic carbocycles. The summed E-state index contributed by atoms with van der Waals surface area (Å²) < 4.78 is 2.08. The number of hydrogen-bond donors (Lipinski definition) is 2. The largest absolute Gasteiger partial charge is 0.382 e. The zero-order valence-corrected chi connectivity index (χ0v) is 13.6. The van der Waals surface area contributed by atoms with Gasteiger partial charge in [0.15, 0.2) is 5.82 Å². The van der Waals surface area contributed by atoms with Crippen molar-refractivity contribution in [2.45, 2.75) is 0 Å². The lowest BCUT2D eigenvalue weighted by molar-refractivity contribution is 1.10. The summed E-state index contributed by atoms with van der Waals surface area (Å²) in [5.74, 6) is 0.512. The third-order valence-corrected chi connectivity index (χ3v) is 5.16. The van der Waals surface area contributed by atoms with Gasteiger partial charge in [0.1, 0.15) is 0 Å². The maximum absolute atomic E-state index is 6.00. The molecule has 0 saturated carbocycles. The fourth-order valence-corrected chi connectivity index (χ4v) is 3.74. The average Bonchev–Trinajstić information content (AvgIpc) is 2.97. The highest BCUT2D eigenvalue weighted by Gasteiger charge is 2.17. The van der Waals surface area contributed by atoms with Gasteiger partial charge in [0, 0.05) is 8.95 Å². The molecule has 0 atom stereocenters. The summed E-state index contributed by atoms with van der Waals surface area (Å²) in [6.07, 6.45) is 0. The Balaban J connectivity index is 2.19. The van der Waals surface area contributed by atoms with Crippen molar-refractivity contribution < 1.29 is 0 Å². The van der Waals surface area contributed by atoms with Crippen LogP contribution in [-0.4, -0.2) is 10.2 Å². The first kappa shape index (κ1) is 12.9. The Morgan fingerprint density at radius 3 is 2.47 bits per heavy atom. The van der Waals surface area contributed by atoms with Crippen molar-refractivity contribution in [1.29, 1.82) is 0 Å². The van der Waals surface area contributed by atoms with Crippen LogP contribution in [0.2, 0.25) is 0 Å². The van der Waals surface area contributed by atoms with Crippen LogP contribution in [0.25, 0.3) is 21.7 Å². The number of aromatic nitrogens is 2. The van der Waals surface area contributed by atoms with E-state index in [0.29, 0.717) is 5.82 Å². The van der Waals surface area contributed by atoms with Gasteiger partial charge >= 0.3 is 0 Å². The van der Waals surface area contributed by atoms with E-state index in [9.17, 15) is 0 Å². The Hall–Kier alpha value is -1.11. The van der Waals surface area contributed by atoms with Gasteiger partial charge in [-0.2, -0.15) is 5.10 Å². The summed E-state index contributed by atoms with van der Waals surface area (Å²) in [7, 11) is 0. The lowest BCUT2D eigenvalue weighted by Crippen LogP contribution is -1.88. The molecule has 6 heteroatoms. The minimum absolute atomic E-state index is 0.512. The van der Waals surface area contributed by atoms with E-state index in [4.69, 9.17) is 5.73 Å². The second-order valence-corrected chi connectivity index (χ2v) is 6.65. The van der Waals surface area contributed by atoms with Gasteiger partial charge in [0.05, 0.1) is 16.1 Å². The lowest BCUT2D eigenvalue weighted by atomic mass is 10.0. The molecule has 0 unspecified atom stereocenters. The summed E-state index contributed by atoms with van der Waals surface area (Å²) >= 11 is 8.63. The molecule has 0 radical (unpaired) electrons. The van der Waals surface area contributed by atoms with E-state index in [-0.39, 0.29) is 0 Å². The summed E-state index contributed by atoms with van der Waals surface area (Å²) in [4.78, 5) is 1.10. The van der Waals surface area contributed by atoms with E-state index >= 15 is 0 Å². The molecule has 3 nitrogen and oxygen atoms in total. The van der Waals surface area contributed by atoms with E-state index in [2.05, 4.69) is 42.1 Å². The second kappa shape index (κ2) is 5.11. The number of thiophene rings is 1. The molecule has 2 aromatic heterocycles. The normalized spacial score (nSPS) is 10.8. The highest BCUT2D eigenvalue weighted by atomic mass is 79.9. The van der Waals surface area contributed by atoms with Gasteiger partial charge in [-0.3, -0.25) is 5.10 Å². The van der Waals surface area contributed by atoms with Gasteiger partial charge in [-0.15, -0.1) is 11.3 Å². The number of halogens is 2. The van der Waals surface area contributed by atoms with Crippen molar-refractivity contribution >= 4 is 49.0 Å².